The van der Waals surface area contributed by atoms with E-state index in [0.717, 1.165) is 40.7 Å². The van der Waals surface area contributed by atoms with Gasteiger partial charge in [-0.15, -0.1) is 0 Å². The molecule has 0 radical (unpaired) electrons. The summed E-state index contributed by atoms with van der Waals surface area (Å²) < 4.78 is 41.4. The van der Waals surface area contributed by atoms with Gasteiger partial charge < -0.3 is 15.5 Å². The third kappa shape index (κ3) is 3.96. The lowest BCUT2D eigenvalue weighted by Crippen LogP contribution is -2.55. The molecule has 212 valence electrons. The standard InChI is InChI=1S/C30H29F3N6O2/c1-2-25(40)37-11-9-21-26-22(39(36-21)19-5-3-18(4-6-19)29-13-17(14-29)15-29)10-12-38(23(26)16-37)28(41)20-7-8-24(30(31,32)33)35-27(20)34/h2-8,17,23H,1,9-16H2,(H2,34,35)/t17?,23-,29?/m0/s1. The summed E-state index contributed by atoms with van der Waals surface area (Å²) in [7, 11) is 0. The number of nitrogens with zero attached hydrogens (tertiary/aromatic N) is 5. The van der Waals surface area contributed by atoms with E-state index in [-0.39, 0.29) is 24.6 Å². The van der Waals surface area contributed by atoms with Crippen LogP contribution < -0.4 is 5.73 Å². The number of aromatic nitrogens is 3. The number of amides is 2. The monoisotopic (exact) mass is 562 g/mol. The zero-order chi connectivity index (χ0) is 28.7. The molecule has 2 N–H and O–H groups in total. The number of carbonyl (C=O) groups is 2. The van der Waals surface area contributed by atoms with Crippen LogP contribution in [0.2, 0.25) is 0 Å². The molecule has 5 aliphatic rings. The Kier molecular flexibility index (Phi) is 5.61. The Balaban J connectivity index is 1.25. The van der Waals surface area contributed by atoms with E-state index < -0.39 is 29.6 Å². The zero-order valence-corrected chi connectivity index (χ0v) is 22.3. The second kappa shape index (κ2) is 8.92. The number of nitrogen functional groups attached to an aromatic ring is 1. The summed E-state index contributed by atoms with van der Waals surface area (Å²) in [6.07, 6.45) is 1.38. The van der Waals surface area contributed by atoms with Crippen LogP contribution in [0, 0.1) is 5.92 Å². The van der Waals surface area contributed by atoms with Gasteiger partial charge >= 0.3 is 6.18 Å². The van der Waals surface area contributed by atoms with Crippen molar-refractivity contribution in [3.05, 3.63) is 82.8 Å². The fourth-order valence-electron chi connectivity index (χ4n) is 7.14. The van der Waals surface area contributed by atoms with Crippen molar-refractivity contribution in [1.82, 2.24) is 24.6 Å². The molecule has 3 aromatic rings. The summed E-state index contributed by atoms with van der Waals surface area (Å²) in [5.41, 5.74) is 9.93. The summed E-state index contributed by atoms with van der Waals surface area (Å²) in [6.45, 7) is 4.50. The van der Waals surface area contributed by atoms with Gasteiger partial charge in [-0.25, -0.2) is 9.67 Å². The number of pyridine rings is 1. The highest BCUT2D eigenvalue weighted by atomic mass is 19.4. The number of alkyl halides is 3. The van der Waals surface area contributed by atoms with Crippen LogP contribution in [-0.2, 0) is 29.2 Å². The molecule has 0 spiro atoms. The number of carbonyl (C=O) groups excluding carboxylic acids is 2. The molecule has 2 bridgehead atoms. The minimum atomic E-state index is -4.68. The smallest absolute Gasteiger partial charge is 0.383 e. The molecule has 3 fully saturated rings. The topological polar surface area (TPSA) is 97.4 Å². The number of nitrogens with two attached hydrogens (primary N) is 1. The summed E-state index contributed by atoms with van der Waals surface area (Å²) in [5.74, 6) is -0.385. The molecule has 8 nitrogen and oxygen atoms in total. The Bertz CT molecular complexity index is 1580. The van der Waals surface area contributed by atoms with E-state index in [2.05, 4.69) is 35.8 Å². The number of hydrogen-bond acceptors (Lipinski definition) is 5. The second-order valence-corrected chi connectivity index (χ2v) is 11.7. The predicted molar refractivity (Wildman–Crippen MR) is 144 cm³/mol. The summed E-state index contributed by atoms with van der Waals surface area (Å²) >= 11 is 0. The van der Waals surface area contributed by atoms with E-state index in [1.165, 1.54) is 30.9 Å². The summed E-state index contributed by atoms with van der Waals surface area (Å²) in [5, 5.41) is 4.97. The molecule has 3 saturated carbocycles. The molecule has 41 heavy (non-hydrogen) atoms. The average Bonchev–Trinajstić information content (AvgIpc) is 3.16. The van der Waals surface area contributed by atoms with Gasteiger partial charge in [0.15, 0.2) is 0 Å². The quantitative estimate of drug-likeness (QED) is 0.480. The maximum absolute atomic E-state index is 13.8. The molecule has 0 saturated heterocycles. The first-order valence-corrected chi connectivity index (χ1v) is 13.9. The van der Waals surface area contributed by atoms with Gasteiger partial charge in [0, 0.05) is 38.0 Å². The normalized spacial score (nSPS) is 24.6. The molecule has 2 aromatic heterocycles. The van der Waals surface area contributed by atoms with Crippen molar-refractivity contribution < 1.29 is 22.8 Å². The van der Waals surface area contributed by atoms with Gasteiger partial charge in [0.2, 0.25) is 5.91 Å². The maximum atomic E-state index is 13.8. The van der Waals surface area contributed by atoms with E-state index in [4.69, 9.17) is 10.8 Å². The van der Waals surface area contributed by atoms with Crippen LogP contribution in [0.25, 0.3) is 5.69 Å². The predicted octanol–water partition coefficient (Wildman–Crippen LogP) is 4.23. The first-order chi connectivity index (χ1) is 19.6. The van der Waals surface area contributed by atoms with Crippen molar-refractivity contribution >= 4 is 17.6 Å². The van der Waals surface area contributed by atoms with Crippen molar-refractivity contribution in [2.75, 3.05) is 25.4 Å². The van der Waals surface area contributed by atoms with Crippen molar-refractivity contribution in [3.8, 4) is 5.69 Å². The molecule has 8 rings (SSSR count). The molecule has 11 heteroatoms. The minimum absolute atomic E-state index is 0.106. The number of hydrogen-bond donors (Lipinski definition) is 1. The molecule has 4 heterocycles. The van der Waals surface area contributed by atoms with Gasteiger partial charge in [-0.2, -0.15) is 18.3 Å². The highest BCUT2D eigenvalue weighted by Crippen LogP contribution is 2.65. The largest absolute Gasteiger partial charge is 0.433 e. The maximum Gasteiger partial charge on any atom is 0.433 e. The van der Waals surface area contributed by atoms with Gasteiger partial charge in [-0.1, -0.05) is 18.7 Å². The highest BCUT2D eigenvalue weighted by molar-refractivity contribution is 5.99. The van der Waals surface area contributed by atoms with Crippen LogP contribution in [0.15, 0.2) is 49.1 Å². The van der Waals surface area contributed by atoms with Crippen molar-refractivity contribution in [3.63, 3.8) is 0 Å². The van der Waals surface area contributed by atoms with Crippen LogP contribution in [0.5, 0.6) is 0 Å². The van der Waals surface area contributed by atoms with Crippen LogP contribution >= 0.6 is 0 Å². The van der Waals surface area contributed by atoms with E-state index in [1.807, 2.05) is 4.68 Å². The van der Waals surface area contributed by atoms with Gasteiger partial charge in [0.25, 0.3) is 5.91 Å². The van der Waals surface area contributed by atoms with Gasteiger partial charge in [-0.05, 0) is 66.5 Å². The SMILES string of the molecule is C=CC(=O)N1CCc2nn(-c3ccc(C45CC(C4)C5)cc3)c3c2[C@H](C1)N(C(=O)c1ccc(C(F)(F)F)nc1N)CC3. The Hall–Kier alpha value is -4.15. The molecule has 1 atom stereocenters. The number of halogens is 3. The van der Waals surface area contributed by atoms with Crippen LogP contribution in [-0.4, -0.2) is 56.0 Å². The van der Waals surface area contributed by atoms with Crippen molar-refractivity contribution in [2.24, 2.45) is 5.92 Å². The van der Waals surface area contributed by atoms with Gasteiger partial charge in [-0.3, -0.25) is 9.59 Å². The Labute approximate surface area is 234 Å². The number of anilines is 1. The molecule has 2 aliphatic heterocycles. The molecular weight excluding hydrogens is 533 g/mol. The third-order valence-electron chi connectivity index (χ3n) is 9.36. The first kappa shape index (κ1) is 25.8. The first-order valence-electron chi connectivity index (χ1n) is 13.9. The van der Waals surface area contributed by atoms with E-state index >= 15 is 0 Å². The molecule has 2 amide bonds. The number of benzene rings is 1. The number of rotatable bonds is 4. The minimum Gasteiger partial charge on any atom is -0.383 e. The Morgan fingerprint density at radius 1 is 1.05 bits per heavy atom. The van der Waals surface area contributed by atoms with Crippen molar-refractivity contribution in [1.29, 1.82) is 0 Å². The molecule has 1 aromatic carbocycles. The molecule has 0 unspecified atom stereocenters. The highest BCUT2D eigenvalue weighted by Gasteiger charge is 2.57. The van der Waals surface area contributed by atoms with Crippen LogP contribution in [0.4, 0.5) is 19.0 Å². The average molecular weight is 563 g/mol. The van der Waals surface area contributed by atoms with Gasteiger partial charge in [0.05, 0.1) is 28.7 Å². The summed E-state index contributed by atoms with van der Waals surface area (Å²) in [6, 6.07) is 9.89. The lowest BCUT2D eigenvalue weighted by atomic mass is 9.42. The van der Waals surface area contributed by atoms with Crippen LogP contribution in [0.1, 0.15) is 63.9 Å². The van der Waals surface area contributed by atoms with Gasteiger partial charge in [0.1, 0.15) is 11.5 Å². The molecule has 3 aliphatic carbocycles. The van der Waals surface area contributed by atoms with E-state index in [9.17, 15) is 22.8 Å². The van der Waals surface area contributed by atoms with E-state index in [0.29, 0.717) is 24.8 Å². The molecular formula is C30H29F3N6O2. The lowest BCUT2D eigenvalue weighted by molar-refractivity contribution is -0.141. The van der Waals surface area contributed by atoms with E-state index in [1.54, 1.807) is 9.80 Å². The second-order valence-electron chi connectivity index (χ2n) is 11.7. The lowest BCUT2D eigenvalue weighted by Gasteiger charge is -2.62. The Morgan fingerprint density at radius 3 is 2.39 bits per heavy atom. The third-order valence-corrected chi connectivity index (χ3v) is 9.36. The fourth-order valence-corrected chi connectivity index (χ4v) is 7.14. The van der Waals surface area contributed by atoms with Crippen molar-refractivity contribution in [2.45, 2.75) is 49.7 Å². The van der Waals surface area contributed by atoms with Crippen LogP contribution in [0.3, 0.4) is 0 Å². The fraction of sp³-hybridized carbons (Fsp3) is 0.400. The Morgan fingerprint density at radius 2 is 1.78 bits per heavy atom. The summed E-state index contributed by atoms with van der Waals surface area (Å²) in [4.78, 5) is 33.1. The zero-order valence-electron chi connectivity index (χ0n) is 22.3.